The Labute approximate surface area is 125 Å². The van der Waals surface area contributed by atoms with Gasteiger partial charge in [0.2, 0.25) is 0 Å². The van der Waals surface area contributed by atoms with E-state index in [0.29, 0.717) is 5.56 Å². The van der Waals surface area contributed by atoms with E-state index in [1.807, 2.05) is 12.1 Å². The maximum Gasteiger partial charge on any atom is 0.337 e. The number of esters is 1. The summed E-state index contributed by atoms with van der Waals surface area (Å²) in [7, 11) is 1.34. The third-order valence-electron chi connectivity index (χ3n) is 3.43. The number of non-ortho nitro benzene ring substituents is 1. The number of nitro benzene ring substituents is 1. The van der Waals surface area contributed by atoms with Gasteiger partial charge in [0, 0.05) is 28.7 Å². The fourth-order valence-electron chi connectivity index (χ4n) is 2.29. The minimum atomic E-state index is -0.433. The van der Waals surface area contributed by atoms with E-state index in [-0.39, 0.29) is 5.69 Å². The van der Waals surface area contributed by atoms with Gasteiger partial charge in [0.15, 0.2) is 0 Å². The number of aromatic nitrogens is 1. The lowest BCUT2D eigenvalue weighted by Crippen LogP contribution is -2.00. The Hall–Kier alpha value is -3.15. The maximum atomic E-state index is 11.5. The largest absolute Gasteiger partial charge is 0.465 e. The van der Waals surface area contributed by atoms with Crippen molar-refractivity contribution in [2.45, 2.75) is 0 Å². The van der Waals surface area contributed by atoms with Crippen molar-refractivity contribution >= 4 is 22.6 Å². The molecule has 3 aromatic rings. The smallest absolute Gasteiger partial charge is 0.337 e. The van der Waals surface area contributed by atoms with Crippen molar-refractivity contribution in [2.24, 2.45) is 0 Å². The number of rotatable bonds is 3. The van der Waals surface area contributed by atoms with Crippen LogP contribution in [0.4, 0.5) is 5.69 Å². The summed E-state index contributed by atoms with van der Waals surface area (Å²) in [4.78, 5) is 25.0. The second-order valence-corrected chi connectivity index (χ2v) is 4.78. The Morgan fingerprint density at radius 1 is 1.14 bits per heavy atom. The van der Waals surface area contributed by atoms with Crippen LogP contribution in [0.2, 0.25) is 0 Å². The molecule has 6 heteroatoms. The SMILES string of the molecule is COC(=O)c1ccc2cc(-c3ccc([N+](=O)[O-])cc3)[nH]c2c1. The van der Waals surface area contributed by atoms with E-state index in [1.54, 1.807) is 24.3 Å². The van der Waals surface area contributed by atoms with Crippen molar-refractivity contribution in [1.82, 2.24) is 4.98 Å². The monoisotopic (exact) mass is 296 g/mol. The Kier molecular flexibility index (Phi) is 3.34. The summed E-state index contributed by atoms with van der Waals surface area (Å²) in [6.45, 7) is 0. The van der Waals surface area contributed by atoms with E-state index in [4.69, 9.17) is 4.74 Å². The molecule has 0 unspecified atom stereocenters. The van der Waals surface area contributed by atoms with Gasteiger partial charge in [-0.25, -0.2) is 4.79 Å². The number of nitrogens with zero attached hydrogens (tertiary/aromatic N) is 1. The number of nitro groups is 1. The minimum absolute atomic E-state index is 0.0489. The number of carbonyl (C=O) groups excluding carboxylic acids is 1. The first kappa shape index (κ1) is 13.8. The number of hydrogen-bond acceptors (Lipinski definition) is 4. The highest BCUT2D eigenvalue weighted by Gasteiger charge is 2.10. The number of hydrogen-bond donors (Lipinski definition) is 1. The van der Waals surface area contributed by atoms with Crippen LogP contribution >= 0.6 is 0 Å². The molecule has 0 spiro atoms. The van der Waals surface area contributed by atoms with Gasteiger partial charge in [0.05, 0.1) is 17.6 Å². The molecule has 0 radical (unpaired) electrons. The van der Waals surface area contributed by atoms with Crippen molar-refractivity contribution < 1.29 is 14.5 Å². The molecule has 2 aromatic carbocycles. The number of methoxy groups -OCH3 is 1. The highest BCUT2D eigenvalue weighted by molar-refractivity contribution is 5.95. The number of fused-ring (bicyclic) bond motifs is 1. The number of ether oxygens (including phenoxy) is 1. The minimum Gasteiger partial charge on any atom is -0.465 e. The molecule has 110 valence electrons. The molecular weight excluding hydrogens is 284 g/mol. The molecule has 22 heavy (non-hydrogen) atoms. The summed E-state index contributed by atoms with van der Waals surface area (Å²) in [5, 5.41) is 11.6. The van der Waals surface area contributed by atoms with Gasteiger partial charge in [-0.3, -0.25) is 10.1 Å². The fraction of sp³-hybridized carbons (Fsp3) is 0.0625. The molecule has 0 amide bonds. The van der Waals surface area contributed by atoms with E-state index >= 15 is 0 Å². The van der Waals surface area contributed by atoms with Crippen LogP contribution in [-0.4, -0.2) is 23.0 Å². The van der Waals surface area contributed by atoms with Crippen LogP contribution in [0.25, 0.3) is 22.2 Å². The van der Waals surface area contributed by atoms with Crippen molar-refractivity contribution in [1.29, 1.82) is 0 Å². The van der Waals surface area contributed by atoms with E-state index in [9.17, 15) is 14.9 Å². The molecule has 0 aliphatic heterocycles. The molecule has 0 saturated carbocycles. The lowest BCUT2D eigenvalue weighted by molar-refractivity contribution is -0.384. The molecule has 6 nitrogen and oxygen atoms in total. The zero-order valence-electron chi connectivity index (χ0n) is 11.7. The first-order valence-electron chi connectivity index (χ1n) is 6.54. The summed E-state index contributed by atoms with van der Waals surface area (Å²) >= 11 is 0. The van der Waals surface area contributed by atoms with Crippen LogP contribution in [0.15, 0.2) is 48.5 Å². The van der Waals surface area contributed by atoms with Crippen LogP contribution < -0.4 is 0 Å². The molecule has 1 N–H and O–H groups in total. The Bertz CT molecular complexity index is 865. The van der Waals surface area contributed by atoms with Crippen LogP contribution in [-0.2, 0) is 4.74 Å². The van der Waals surface area contributed by atoms with Gasteiger partial charge in [-0.15, -0.1) is 0 Å². The molecule has 1 aromatic heterocycles. The third kappa shape index (κ3) is 2.42. The zero-order valence-corrected chi connectivity index (χ0v) is 11.7. The maximum absolute atomic E-state index is 11.5. The molecule has 0 fully saturated rings. The third-order valence-corrected chi connectivity index (χ3v) is 3.43. The van der Waals surface area contributed by atoms with Gasteiger partial charge in [0.25, 0.3) is 5.69 Å². The molecule has 0 atom stereocenters. The molecule has 0 saturated heterocycles. The zero-order chi connectivity index (χ0) is 15.7. The first-order chi connectivity index (χ1) is 10.6. The van der Waals surface area contributed by atoms with Crippen molar-refractivity contribution in [3.8, 4) is 11.3 Å². The normalized spacial score (nSPS) is 10.6. The second kappa shape index (κ2) is 5.33. The van der Waals surface area contributed by atoms with Crippen LogP contribution in [0.3, 0.4) is 0 Å². The summed E-state index contributed by atoms with van der Waals surface area (Å²) in [5.41, 5.74) is 2.98. The predicted molar refractivity (Wildman–Crippen MR) is 81.7 cm³/mol. The molecule has 1 heterocycles. The van der Waals surface area contributed by atoms with Crippen molar-refractivity contribution in [3.63, 3.8) is 0 Å². The standard InChI is InChI=1S/C16H12N2O4/c1-22-16(19)12-3-2-11-8-14(17-15(11)9-12)10-4-6-13(7-5-10)18(20)21/h2-9,17H,1H3. The number of nitrogens with one attached hydrogen (secondary N) is 1. The second-order valence-electron chi connectivity index (χ2n) is 4.78. The van der Waals surface area contributed by atoms with E-state index < -0.39 is 10.9 Å². The van der Waals surface area contributed by atoms with Gasteiger partial charge in [-0.2, -0.15) is 0 Å². The van der Waals surface area contributed by atoms with Crippen molar-refractivity contribution in [3.05, 3.63) is 64.2 Å². The fourth-order valence-corrected chi connectivity index (χ4v) is 2.29. The van der Waals surface area contributed by atoms with Crippen LogP contribution in [0, 0.1) is 10.1 Å². The average molecular weight is 296 g/mol. The topological polar surface area (TPSA) is 85.2 Å². The molecule has 0 bridgehead atoms. The molecule has 0 aliphatic carbocycles. The summed E-state index contributed by atoms with van der Waals surface area (Å²) in [6.07, 6.45) is 0. The van der Waals surface area contributed by atoms with Gasteiger partial charge >= 0.3 is 5.97 Å². The highest BCUT2D eigenvalue weighted by Crippen LogP contribution is 2.26. The quantitative estimate of drug-likeness (QED) is 0.455. The van der Waals surface area contributed by atoms with Gasteiger partial charge in [0.1, 0.15) is 0 Å². The highest BCUT2D eigenvalue weighted by atomic mass is 16.6. The molecule has 3 rings (SSSR count). The number of benzene rings is 2. The Balaban J connectivity index is 2.01. The summed E-state index contributed by atoms with van der Waals surface area (Å²) in [6, 6.07) is 13.5. The lowest BCUT2D eigenvalue weighted by Gasteiger charge is -1.98. The van der Waals surface area contributed by atoms with Crippen molar-refractivity contribution in [2.75, 3.05) is 7.11 Å². The summed E-state index contributed by atoms with van der Waals surface area (Å²) in [5.74, 6) is -0.395. The predicted octanol–water partition coefficient (Wildman–Crippen LogP) is 3.53. The number of aromatic amines is 1. The van der Waals surface area contributed by atoms with Gasteiger partial charge in [-0.05, 0) is 35.9 Å². The van der Waals surface area contributed by atoms with Gasteiger partial charge in [-0.1, -0.05) is 6.07 Å². The molecule has 0 aliphatic rings. The molecular formula is C16H12N2O4. The van der Waals surface area contributed by atoms with Crippen LogP contribution in [0.1, 0.15) is 10.4 Å². The van der Waals surface area contributed by atoms with E-state index in [0.717, 1.165) is 22.2 Å². The first-order valence-corrected chi connectivity index (χ1v) is 6.54. The number of carbonyl (C=O) groups is 1. The van der Waals surface area contributed by atoms with E-state index in [2.05, 4.69) is 4.98 Å². The lowest BCUT2D eigenvalue weighted by atomic mass is 10.1. The van der Waals surface area contributed by atoms with Gasteiger partial charge < -0.3 is 9.72 Å². The Morgan fingerprint density at radius 2 is 1.86 bits per heavy atom. The van der Waals surface area contributed by atoms with Crippen LogP contribution in [0.5, 0.6) is 0 Å². The van der Waals surface area contributed by atoms with E-state index in [1.165, 1.54) is 19.2 Å². The number of H-pyrrole nitrogens is 1. The summed E-state index contributed by atoms with van der Waals surface area (Å²) < 4.78 is 4.70. The Morgan fingerprint density at radius 3 is 2.50 bits per heavy atom. The average Bonchev–Trinajstić information content (AvgIpc) is 2.97.